The number of hydrogen-bond donors (Lipinski definition) is 0. The Morgan fingerprint density at radius 2 is 2.06 bits per heavy atom. The lowest BCUT2D eigenvalue weighted by Crippen LogP contribution is -2.46. The molecule has 1 aromatic heterocycles. The maximum Gasteiger partial charge on any atom is 0.254 e. The lowest BCUT2D eigenvalue weighted by molar-refractivity contribution is -0.00676. The van der Waals surface area contributed by atoms with Crippen molar-refractivity contribution in [2.45, 2.75) is 45.3 Å². The van der Waals surface area contributed by atoms with Gasteiger partial charge in [0.25, 0.3) is 5.91 Å². The van der Waals surface area contributed by atoms with Gasteiger partial charge >= 0.3 is 0 Å². The summed E-state index contributed by atoms with van der Waals surface area (Å²) >= 11 is 0. The molecule has 0 unspecified atom stereocenters. The summed E-state index contributed by atoms with van der Waals surface area (Å²) in [6.45, 7) is 7.00. The van der Waals surface area contributed by atoms with E-state index in [0.29, 0.717) is 18.1 Å². The van der Waals surface area contributed by atoms with Crippen LogP contribution in [0.3, 0.4) is 0 Å². The van der Waals surface area contributed by atoms with Crippen LogP contribution >= 0.6 is 0 Å². The van der Waals surface area contributed by atoms with Crippen molar-refractivity contribution in [1.82, 2.24) is 14.8 Å². The van der Waals surface area contributed by atoms with Gasteiger partial charge in [-0.3, -0.25) is 14.7 Å². The third-order valence-corrected chi connectivity index (χ3v) is 6.84. The smallest absolute Gasteiger partial charge is 0.254 e. The minimum Gasteiger partial charge on any atom is -0.492 e. The van der Waals surface area contributed by atoms with Crippen LogP contribution in [0.1, 0.15) is 47.2 Å². The predicted molar refractivity (Wildman–Crippen MR) is 125 cm³/mol. The Bertz CT molecular complexity index is 903. The average molecular weight is 438 g/mol. The molecule has 6 nitrogen and oxygen atoms in total. The number of carbonyl (C=O) groups is 1. The van der Waals surface area contributed by atoms with Crippen molar-refractivity contribution in [2.75, 3.05) is 39.9 Å². The van der Waals surface area contributed by atoms with Crippen molar-refractivity contribution in [1.29, 1.82) is 0 Å². The number of carbonyl (C=O) groups excluding carboxylic acids is 1. The number of methoxy groups -OCH3 is 1. The van der Waals surface area contributed by atoms with Gasteiger partial charge in [0, 0.05) is 57.2 Å². The van der Waals surface area contributed by atoms with Crippen LogP contribution in [0, 0.1) is 12.8 Å². The molecule has 0 N–H and O–H groups in total. The summed E-state index contributed by atoms with van der Waals surface area (Å²) in [6.07, 6.45) is 8.28. The van der Waals surface area contributed by atoms with Crippen molar-refractivity contribution in [3.8, 4) is 5.75 Å². The third kappa shape index (κ3) is 5.67. The van der Waals surface area contributed by atoms with E-state index in [9.17, 15) is 4.79 Å². The fourth-order valence-corrected chi connectivity index (χ4v) is 4.91. The maximum atomic E-state index is 13.2. The van der Waals surface area contributed by atoms with Crippen LogP contribution in [0.2, 0.25) is 0 Å². The Morgan fingerprint density at radius 3 is 2.91 bits per heavy atom. The van der Waals surface area contributed by atoms with Gasteiger partial charge in [-0.15, -0.1) is 0 Å². The number of piperidine rings is 1. The SMILES string of the molecule is CO[C@H]1CCN2C[C@H]1CCCCN(Cc1ccncc1C)CCOc1cccc(c1)C2=O. The maximum absolute atomic E-state index is 13.2. The zero-order valence-electron chi connectivity index (χ0n) is 19.3. The first-order valence-corrected chi connectivity index (χ1v) is 11.8. The average Bonchev–Trinajstić information content (AvgIpc) is 2.82. The number of aryl methyl sites for hydroxylation is 1. The molecule has 2 atom stereocenters. The van der Waals surface area contributed by atoms with E-state index in [1.165, 1.54) is 11.1 Å². The summed E-state index contributed by atoms with van der Waals surface area (Å²) < 4.78 is 11.8. The van der Waals surface area contributed by atoms with Gasteiger partial charge in [-0.1, -0.05) is 12.5 Å². The van der Waals surface area contributed by atoms with Crippen molar-refractivity contribution in [2.24, 2.45) is 5.92 Å². The topological polar surface area (TPSA) is 54.9 Å². The summed E-state index contributed by atoms with van der Waals surface area (Å²) in [4.78, 5) is 21.9. The molecule has 0 aliphatic carbocycles. The fraction of sp³-hybridized carbons (Fsp3) is 0.538. The lowest BCUT2D eigenvalue weighted by atomic mass is 9.89. The summed E-state index contributed by atoms with van der Waals surface area (Å²) in [6, 6.07) is 9.74. The highest BCUT2D eigenvalue weighted by molar-refractivity contribution is 5.94. The molecule has 4 rings (SSSR count). The minimum absolute atomic E-state index is 0.0969. The number of rotatable bonds is 3. The van der Waals surface area contributed by atoms with Crippen LogP contribution in [-0.2, 0) is 11.3 Å². The van der Waals surface area contributed by atoms with Crippen LogP contribution in [0.4, 0.5) is 0 Å². The Labute approximate surface area is 191 Å². The van der Waals surface area contributed by atoms with Crippen LogP contribution in [0.15, 0.2) is 42.7 Å². The number of pyridine rings is 1. The van der Waals surface area contributed by atoms with Crippen LogP contribution in [0.5, 0.6) is 5.75 Å². The second-order valence-corrected chi connectivity index (χ2v) is 9.02. The van der Waals surface area contributed by atoms with Crippen molar-refractivity contribution in [3.05, 3.63) is 59.4 Å². The number of benzene rings is 1. The third-order valence-electron chi connectivity index (χ3n) is 6.84. The van der Waals surface area contributed by atoms with Gasteiger partial charge in [0.15, 0.2) is 0 Å². The molecule has 32 heavy (non-hydrogen) atoms. The number of ether oxygens (including phenoxy) is 2. The van der Waals surface area contributed by atoms with Crippen LogP contribution in [-0.4, -0.2) is 66.7 Å². The Kier molecular flexibility index (Phi) is 7.76. The molecule has 0 radical (unpaired) electrons. The molecule has 2 aliphatic heterocycles. The predicted octanol–water partition coefficient (Wildman–Crippen LogP) is 3.93. The Morgan fingerprint density at radius 1 is 1.16 bits per heavy atom. The number of amides is 1. The monoisotopic (exact) mass is 437 g/mol. The standard InChI is InChI=1S/C26H35N3O3/c1-20-17-27-11-9-22(20)18-28-12-4-3-6-23-19-29(13-10-25(23)31-2)26(30)21-7-5-8-24(16-21)32-15-14-28/h5,7-9,11,16-17,23,25H,3-4,6,10,12-15,18-19H2,1-2H3/t23-,25+/m1/s1. The molecular weight excluding hydrogens is 402 g/mol. The van der Waals surface area contributed by atoms with E-state index < -0.39 is 0 Å². The number of nitrogens with zero attached hydrogens (tertiary/aromatic N) is 3. The normalized spacial score (nSPS) is 23.2. The van der Waals surface area contributed by atoms with Crippen molar-refractivity contribution >= 4 is 5.91 Å². The first-order valence-electron chi connectivity index (χ1n) is 11.8. The van der Waals surface area contributed by atoms with E-state index >= 15 is 0 Å². The van der Waals surface area contributed by atoms with Gasteiger partial charge in [-0.25, -0.2) is 0 Å². The number of hydrogen-bond acceptors (Lipinski definition) is 5. The highest BCUT2D eigenvalue weighted by Crippen LogP contribution is 2.27. The molecule has 0 saturated carbocycles. The molecule has 0 spiro atoms. The second-order valence-electron chi connectivity index (χ2n) is 9.02. The number of fused-ring (bicyclic) bond motifs is 4. The highest BCUT2D eigenvalue weighted by atomic mass is 16.5. The summed E-state index contributed by atoms with van der Waals surface area (Å²) in [5.41, 5.74) is 3.24. The zero-order chi connectivity index (χ0) is 22.3. The van der Waals surface area contributed by atoms with Gasteiger partial charge in [0.05, 0.1) is 6.10 Å². The van der Waals surface area contributed by atoms with E-state index in [2.05, 4.69) is 22.9 Å². The molecule has 1 aromatic carbocycles. The van der Waals surface area contributed by atoms with Crippen LogP contribution < -0.4 is 4.74 Å². The van der Waals surface area contributed by atoms with Gasteiger partial charge < -0.3 is 14.4 Å². The van der Waals surface area contributed by atoms with E-state index in [1.54, 1.807) is 7.11 Å². The van der Waals surface area contributed by atoms with Crippen LogP contribution in [0.25, 0.3) is 0 Å². The van der Waals surface area contributed by atoms with Crippen molar-refractivity contribution in [3.63, 3.8) is 0 Å². The fourth-order valence-electron chi connectivity index (χ4n) is 4.91. The molecular formula is C26H35N3O3. The second kappa shape index (κ2) is 10.9. The van der Waals surface area contributed by atoms with Gasteiger partial charge in [0.2, 0.25) is 0 Å². The first kappa shape index (κ1) is 22.7. The minimum atomic E-state index is 0.0969. The van der Waals surface area contributed by atoms with Gasteiger partial charge in [-0.2, -0.15) is 0 Å². The molecule has 2 aromatic rings. The van der Waals surface area contributed by atoms with Gasteiger partial charge in [0.1, 0.15) is 12.4 Å². The molecule has 4 bridgehead atoms. The van der Waals surface area contributed by atoms with Gasteiger partial charge in [-0.05, 0) is 68.1 Å². The molecule has 1 fully saturated rings. The summed E-state index contributed by atoms with van der Waals surface area (Å²) in [5, 5.41) is 0. The lowest BCUT2D eigenvalue weighted by Gasteiger charge is -2.38. The molecule has 1 saturated heterocycles. The zero-order valence-corrected chi connectivity index (χ0v) is 19.3. The summed E-state index contributed by atoms with van der Waals surface area (Å²) in [5.74, 6) is 1.24. The van der Waals surface area contributed by atoms with E-state index in [-0.39, 0.29) is 12.0 Å². The van der Waals surface area contributed by atoms with Crippen molar-refractivity contribution < 1.29 is 14.3 Å². The molecule has 6 heteroatoms. The first-order chi connectivity index (χ1) is 15.6. The molecule has 172 valence electrons. The van der Waals surface area contributed by atoms with E-state index in [0.717, 1.165) is 64.2 Å². The Hall–Kier alpha value is -2.44. The summed E-state index contributed by atoms with van der Waals surface area (Å²) in [7, 11) is 1.80. The Balaban J connectivity index is 1.51. The molecule has 1 amide bonds. The molecule has 2 aliphatic rings. The number of aromatic nitrogens is 1. The quantitative estimate of drug-likeness (QED) is 0.728. The largest absolute Gasteiger partial charge is 0.492 e. The van der Waals surface area contributed by atoms with E-state index in [1.807, 2.05) is 41.6 Å². The highest BCUT2D eigenvalue weighted by Gasteiger charge is 2.31. The van der Waals surface area contributed by atoms with E-state index in [4.69, 9.17) is 9.47 Å². The molecule has 3 heterocycles.